The molecule has 1 fully saturated rings. The molecule has 0 spiro atoms. The van der Waals surface area contributed by atoms with E-state index in [1.807, 2.05) is 6.92 Å². The summed E-state index contributed by atoms with van der Waals surface area (Å²) in [6.45, 7) is 4.29. The molecule has 1 aromatic rings. The molecule has 1 aliphatic rings. The number of nitrogens with one attached hydrogen (secondary N) is 1. The van der Waals surface area contributed by atoms with Crippen LogP contribution in [-0.4, -0.2) is 16.2 Å². The van der Waals surface area contributed by atoms with Crippen molar-refractivity contribution < 1.29 is 4.74 Å². The van der Waals surface area contributed by atoms with E-state index in [4.69, 9.17) is 4.74 Å². The van der Waals surface area contributed by atoms with Gasteiger partial charge in [0, 0.05) is 17.9 Å². The Morgan fingerprint density at radius 2 is 2.18 bits per heavy atom. The first-order chi connectivity index (χ1) is 8.15. The van der Waals surface area contributed by atoms with Crippen LogP contribution in [-0.2, 0) is 11.2 Å². The largest absolute Gasteiger partial charge is 0.358 e. The third kappa shape index (κ3) is 2.20. The standard InChI is InChI=1S/C12H18N2O3/c1-3-9-8(2)13-12(16)14(11(9)15)10-6-4-5-7-17-10/h10H,3-7H2,1-2H3,(H,13,16). The lowest BCUT2D eigenvalue weighted by atomic mass is 10.1. The van der Waals surface area contributed by atoms with Crippen LogP contribution < -0.4 is 11.2 Å². The van der Waals surface area contributed by atoms with Crippen LogP contribution in [0.1, 0.15) is 43.7 Å². The number of aryl methyl sites for hydroxylation is 1. The summed E-state index contributed by atoms with van der Waals surface area (Å²) < 4.78 is 6.74. The minimum Gasteiger partial charge on any atom is -0.358 e. The number of hydrogen-bond acceptors (Lipinski definition) is 3. The first kappa shape index (κ1) is 12.1. The molecule has 17 heavy (non-hydrogen) atoms. The molecule has 2 heterocycles. The lowest BCUT2D eigenvalue weighted by Gasteiger charge is -2.24. The average Bonchev–Trinajstić information content (AvgIpc) is 2.30. The van der Waals surface area contributed by atoms with Gasteiger partial charge in [0.05, 0.1) is 0 Å². The maximum absolute atomic E-state index is 12.2. The van der Waals surface area contributed by atoms with E-state index in [0.717, 1.165) is 19.3 Å². The van der Waals surface area contributed by atoms with Crippen LogP contribution >= 0.6 is 0 Å². The predicted octanol–water partition coefficient (Wildman–Crippen LogP) is 1.11. The number of nitrogens with zero attached hydrogens (tertiary/aromatic N) is 1. The molecule has 1 unspecified atom stereocenters. The van der Waals surface area contributed by atoms with Gasteiger partial charge in [-0.2, -0.15) is 0 Å². The van der Waals surface area contributed by atoms with E-state index in [2.05, 4.69) is 4.98 Å². The first-order valence-electron chi connectivity index (χ1n) is 6.11. The van der Waals surface area contributed by atoms with Crippen molar-refractivity contribution in [2.75, 3.05) is 6.61 Å². The molecule has 0 amide bonds. The van der Waals surface area contributed by atoms with Crippen molar-refractivity contribution in [3.05, 3.63) is 32.1 Å². The summed E-state index contributed by atoms with van der Waals surface area (Å²) in [6, 6.07) is 0. The number of aromatic amines is 1. The van der Waals surface area contributed by atoms with E-state index in [9.17, 15) is 9.59 Å². The Balaban J connectivity index is 2.53. The molecule has 94 valence electrons. The number of aromatic nitrogens is 2. The van der Waals surface area contributed by atoms with Gasteiger partial charge in [0.1, 0.15) is 6.23 Å². The highest BCUT2D eigenvalue weighted by atomic mass is 16.5. The fourth-order valence-corrected chi connectivity index (χ4v) is 2.30. The van der Waals surface area contributed by atoms with Crippen molar-refractivity contribution in [1.29, 1.82) is 0 Å². The summed E-state index contributed by atoms with van der Waals surface area (Å²) in [5, 5.41) is 0. The third-order valence-electron chi connectivity index (χ3n) is 3.24. The lowest BCUT2D eigenvalue weighted by Crippen LogP contribution is -2.42. The second-order valence-electron chi connectivity index (χ2n) is 4.38. The molecule has 2 rings (SSSR count). The van der Waals surface area contributed by atoms with Gasteiger partial charge >= 0.3 is 5.69 Å². The Kier molecular flexibility index (Phi) is 3.47. The zero-order valence-electron chi connectivity index (χ0n) is 10.3. The summed E-state index contributed by atoms with van der Waals surface area (Å²) in [5.41, 5.74) is 0.755. The van der Waals surface area contributed by atoms with Gasteiger partial charge in [-0.25, -0.2) is 9.36 Å². The summed E-state index contributed by atoms with van der Waals surface area (Å²) >= 11 is 0. The Bertz CT molecular complexity index is 509. The minimum atomic E-state index is -0.397. The first-order valence-corrected chi connectivity index (χ1v) is 6.11. The van der Waals surface area contributed by atoms with Crippen LogP contribution in [0.15, 0.2) is 9.59 Å². The normalized spacial score (nSPS) is 20.5. The summed E-state index contributed by atoms with van der Waals surface area (Å²) in [4.78, 5) is 26.8. The fraction of sp³-hybridized carbons (Fsp3) is 0.667. The zero-order valence-corrected chi connectivity index (χ0v) is 10.3. The summed E-state index contributed by atoms with van der Waals surface area (Å²) in [5.74, 6) is 0. The Labute approximate surface area is 99.4 Å². The Morgan fingerprint density at radius 3 is 2.76 bits per heavy atom. The van der Waals surface area contributed by atoms with Crippen molar-refractivity contribution in [2.24, 2.45) is 0 Å². The van der Waals surface area contributed by atoms with Gasteiger partial charge in [0.15, 0.2) is 0 Å². The van der Waals surface area contributed by atoms with Gasteiger partial charge in [-0.1, -0.05) is 6.92 Å². The molecule has 1 N–H and O–H groups in total. The van der Waals surface area contributed by atoms with Crippen LogP contribution in [0.2, 0.25) is 0 Å². The van der Waals surface area contributed by atoms with E-state index in [1.165, 1.54) is 4.57 Å². The lowest BCUT2D eigenvalue weighted by molar-refractivity contribution is -0.0369. The molecule has 1 atom stereocenters. The average molecular weight is 238 g/mol. The van der Waals surface area contributed by atoms with Crippen LogP contribution in [0, 0.1) is 6.92 Å². The van der Waals surface area contributed by atoms with Crippen LogP contribution in [0.4, 0.5) is 0 Å². The molecule has 0 bridgehead atoms. The molecular formula is C12H18N2O3. The molecule has 1 saturated heterocycles. The minimum absolute atomic E-state index is 0.208. The number of ether oxygens (including phenoxy) is 1. The van der Waals surface area contributed by atoms with Crippen molar-refractivity contribution in [2.45, 2.75) is 45.8 Å². The highest BCUT2D eigenvalue weighted by Crippen LogP contribution is 2.19. The van der Waals surface area contributed by atoms with Crippen LogP contribution in [0.5, 0.6) is 0 Å². The summed E-state index contributed by atoms with van der Waals surface area (Å²) in [7, 11) is 0. The zero-order chi connectivity index (χ0) is 12.4. The Morgan fingerprint density at radius 1 is 1.41 bits per heavy atom. The molecule has 5 nitrogen and oxygen atoms in total. The molecule has 0 aliphatic carbocycles. The van der Waals surface area contributed by atoms with E-state index in [0.29, 0.717) is 24.3 Å². The highest BCUT2D eigenvalue weighted by Gasteiger charge is 2.21. The number of hydrogen-bond donors (Lipinski definition) is 1. The van der Waals surface area contributed by atoms with Gasteiger partial charge in [0.25, 0.3) is 5.56 Å². The third-order valence-corrected chi connectivity index (χ3v) is 3.24. The molecule has 1 aliphatic heterocycles. The van der Waals surface area contributed by atoms with Crippen molar-refractivity contribution in [3.8, 4) is 0 Å². The quantitative estimate of drug-likeness (QED) is 0.839. The second-order valence-corrected chi connectivity index (χ2v) is 4.38. The fourth-order valence-electron chi connectivity index (χ4n) is 2.30. The van der Waals surface area contributed by atoms with E-state index < -0.39 is 6.23 Å². The maximum Gasteiger partial charge on any atom is 0.330 e. The second kappa shape index (κ2) is 4.87. The molecule has 0 aromatic carbocycles. The Hall–Kier alpha value is -1.36. The molecule has 0 radical (unpaired) electrons. The SMILES string of the molecule is CCc1c(C)[nH]c(=O)n(C2CCCCO2)c1=O. The van der Waals surface area contributed by atoms with E-state index >= 15 is 0 Å². The van der Waals surface area contributed by atoms with Crippen molar-refractivity contribution >= 4 is 0 Å². The topological polar surface area (TPSA) is 64.1 Å². The molecule has 5 heteroatoms. The summed E-state index contributed by atoms with van der Waals surface area (Å²) in [6.07, 6.45) is 2.94. The van der Waals surface area contributed by atoms with Gasteiger partial charge in [0.2, 0.25) is 0 Å². The molecule has 1 aromatic heterocycles. The van der Waals surface area contributed by atoms with Gasteiger partial charge in [-0.15, -0.1) is 0 Å². The number of H-pyrrole nitrogens is 1. The van der Waals surface area contributed by atoms with Crippen LogP contribution in [0.3, 0.4) is 0 Å². The van der Waals surface area contributed by atoms with Gasteiger partial charge in [-0.3, -0.25) is 4.79 Å². The smallest absolute Gasteiger partial charge is 0.330 e. The monoisotopic (exact) mass is 238 g/mol. The van der Waals surface area contributed by atoms with Crippen LogP contribution in [0.25, 0.3) is 0 Å². The maximum atomic E-state index is 12.2. The van der Waals surface area contributed by atoms with Crippen molar-refractivity contribution in [3.63, 3.8) is 0 Å². The highest BCUT2D eigenvalue weighted by molar-refractivity contribution is 5.15. The molecule has 0 saturated carbocycles. The van der Waals surface area contributed by atoms with Gasteiger partial charge < -0.3 is 9.72 Å². The van der Waals surface area contributed by atoms with Crippen molar-refractivity contribution in [1.82, 2.24) is 9.55 Å². The van der Waals surface area contributed by atoms with E-state index in [-0.39, 0.29) is 11.2 Å². The molecular weight excluding hydrogens is 220 g/mol. The van der Waals surface area contributed by atoms with Gasteiger partial charge in [-0.05, 0) is 32.6 Å². The predicted molar refractivity (Wildman–Crippen MR) is 64.3 cm³/mol. The number of rotatable bonds is 2. The van der Waals surface area contributed by atoms with E-state index in [1.54, 1.807) is 6.92 Å².